The lowest BCUT2D eigenvalue weighted by atomic mass is 9.81. The van der Waals surface area contributed by atoms with E-state index in [0.29, 0.717) is 58.3 Å². The molecule has 2 N–H and O–H groups in total. The van der Waals surface area contributed by atoms with Gasteiger partial charge in [-0.05, 0) is 49.7 Å². The number of unbranched alkanes of at least 4 members (excludes halogenated alkanes) is 1. The average molecular weight is 565 g/mol. The van der Waals surface area contributed by atoms with Crippen LogP contribution in [0.15, 0.2) is 60.7 Å². The predicted octanol–water partition coefficient (Wildman–Crippen LogP) is 3.99. The van der Waals surface area contributed by atoms with Crippen LogP contribution in [0.3, 0.4) is 0 Å². The Bertz CT molecular complexity index is 1170. The lowest BCUT2D eigenvalue weighted by Crippen LogP contribution is -2.73. The van der Waals surface area contributed by atoms with Crippen LogP contribution in [0.5, 0.6) is 0 Å². The summed E-state index contributed by atoms with van der Waals surface area (Å²) in [4.78, 5) is 54.9. The molecule has 2 heterocycles. The number of piperazine rings is 1. The van der Waals surface area contributed by atoms with Crippen LogP contribution in [0.4, 0.5) is 9.59 Å². The van der Waals surface area contributed by atoms with Gasteiger partial charge in [-0.1, -0.05) is 67.6 Å². The van der Waals surface area contributed by atoms with E-state index >= 15 is 0 Å². The van der Waals surface area contributed by atoms with Crippen LogP contribution in [0.1, 0.15) is 56.6 Å². The first-order valence-electron chi connectivity index (χ1n) is 14.5. The molecule has 0 aromatic heterocycles. The summed E-state index contributed by atoms with van der Waals surface area (Å²) in [5, 5.41) is 5.70. The number of amides is 4. The summed E-state index contributed by atoms with van der Waals surface area (Å²) in [5.41, 5.74) is 0.868. The second kappa shape index (κ2) is 14.5. The Labute approximate surface area is 241 Å². The van der Waals surface area contributed by atoms with Crippen molar-refractivity contribution in [1.82, 2.24) is 20.4 Å². The van der Waals surface area contributed by atoms with Crippen LogP contribution in [0.2, 0.25) is 0 Å². The molecule has 2 saturated heterocycles. The van der Waals surface area contributed by atoms with Gasteiger partial charge in [0.1, 0.15) is 24.8 Å². The van der Waals surface area contributed by atoms with Crippen molar-refractivity contribution in [3.63, 3.8) is 0 Å². The minimum absolute atomic E-state index is 0.0817. The van der Waals surface area contributed by atoms with Crippen molar-refractivity contribution in [2.45, 2.75) is 70.2 Å². The molecule has 0 aliphatic carbocycles. The highest BCUT2D eigenvalue weighted by Crippen LogP contribution is 2.34. The van der Waals surface area contributed by atoms with Crippen LogP contribution < -0.4 is 10.6 Å². The van der Waals surface area contributed by atoms with Gasteiger partial charge < -0.3 is 29.9 Å². The quantitative estimate of drug-likeness (QED) is 0.399. The van der Waals surface area contributed by atoms with Gasteiger partial charge in [-0.15, -0.1) is 0 Å². The monoisotopic (exact) mass is 564 g/mol. The number of benzene rings is 2. The Kier molecular flexibility index (Phi) is 10.6. The van der Waals surface area contributed by atoms with Gasteiger partial charge in [0.15, 0.2) is 0 Å². The number of carbonyl (C=O) groups is 4. The average Bonchev–Trinajstić information content (AvgIpc) is 3.00. The number of nitrogens with zero attached hydrogens (tertiary/aromatic N) is 2. The molecule has 4 rings (SSSR count). The van der Waals surface area contributed by atoms with E-state index in [-0.39, 0.29) is 25.0 Å². The van der Waals surface area contributed by atoms with E-state index in [9.17, 15) is 19.2 Å². The van der Waals surface area contributed by atoms with Crippen molar-refractivity contribution < 1.29 is 28.7 Å². The molecule has 0 bridgehead atoms. The van der Waals surface area contributed by atoms with Gasteiger partial charge in [-0.3, -0.25) is 9.59 Å². The number of likely N-dealkylation sites (tertiary alicyclic amines) is 1. The number of piperidine rings is 1. The fourth-order valence-electron chi connectivity index (χ4n) is 5.42. The number of ether oxygens (including phenoxy) is 2. The summed E-state index contributed by atoms with van der Waals surface area (Å²) in [5.74, 6) is -0.239. The number of carbonyl (C=O) groups excluding carboxylic acids is 4. The molecule has 220 valence electrons. The van der Waals surface area contributed by atoms with E-state index in [1.54, 1.807) is 9.80 Å². The van der Waals surface area contributed by atoms with Crippen molar-refractivity contribution in [2.24, 2.45) is 0 Å². The molecule has 2 aliphatic heterocycles. The maximum Gasteiger partial charge on any atom is 0.410 e. The lowest BCUT2D eigenvalue weighted by Gasteiger charge is -2.51. The van der Waals surface area contributed by atoms with Crippen molar-refractivity contribution >= 4 is 24.0 Å². The predicted molar refractivity (Wildman–Crippen MR) is 153 cm³/mol. The van der Waals surface area contributed by atoms with Gasteiger partial charge in [-0.2, -0.15) is 0 Å². The molecule has 0 saturated carbocycles. The minimum atomic E-state index is -0.954. The SMILES string of the molecule is CCCN1C(=O)[C@H](CCCCNC(=O)OCc2ccccc2)NC(=O)C12CCN(C(=O)OCc1ccccc1)CC2. The van der Waals surface area contributed by atoms with Crippen molar-refractivity contribution in [3.8, 4) is 0 Å². The molecule has 2 aromatic rings. The van der Waals surface area contributed by atoms with E-state index < -0.39 is 23.8 Å². The molecular weight excluding hydrogens is 524 g/mol. The van der Waals surface area contributed by atoms with Crippen LogP contribution in [-0.4, -0.2) is 71.6 Å². The lowest BCUT2D eigenvalue weighted by molar-refractivity contribution is -0.161. The minimum Gasteiger partial charge on any atom is -0.445 e. The van der Waals surface area contributed by atoms with Gasteiger partial charge in [0, 0.05) is 26.2 Å². The Balaban J connectivity index is 1.22. The molecule has 41 heavy (non-hydrogen) atoms. The fraction of sp³-hybridized carbons (Fsp3) is 0.484. The second-order valence-electron chi connectivity index (χ2n) is 10.6. The summed E-state index contributed by atoms with van der Waals surface area (Å²) < 4.78 is 10.7. The van der Waals surface area contributed by atoms with E-state index in [1.807, 2.05) is 67.6 Å². The summed E-state index contributed by atoms with van der Waals surface area (Å²) in [6, 6.07) is 18.3. The van der Waals surface area contributed by atoms with E-state index in [4.69, 9.17) is 9.47 Å². The van der Waals surface area contributed by atoms with Gasteiger partial charge in [0.05, 0.1) is 0 Å². The first kappa shape index (κ1) is 29.9. The first-order valence-corrected chi connectivity index (χ1v) is 14.5. The fourth-order valence-corrected chi connectivity index (χ4v) is 5.42. The molecule has 1 spiro atoms. The van der Waals surface area contributed by atoms with Gasteiger partial charge in [0.25, 0.3) is 0 Å². The highest BCUT2D eigenvalue weighted by molar-refractivity contribution is 6.00. The molecule has 1 atom stereocenters. The van der Waals surface area contributed by atoms with E-state index in [1.165, 1.54) is 0 Å². The molecule has 2 aliphatic rings. The third-order valence-electron chi connectivity index (χ3n) is 7.71. The molecule has 10 nitrogen and oxygen atoms in total. The zero-order valence-electron chi connectivity index (χ0n) is 23.7. The molecule has 0 unspecified atom stereocenters. The van der Waals surface area contributed by atoms with Crippen LogP contribution >= 0.6 is 0 Å². The number of hydrogen-bond donors (Lipinski definition) is 2. The van der Waals surface area contributed by atoms with Crippen LogP contribution in [0.25, 0.3) is 0 Å². The number of nitrogens with one attached hydrogen (secondary N) is 2. The number of hydrogen-bond acceptors (Lipinski definition) is 6. The molecular formula is C31H40N4O6. The number of alkyl carbamates (subject to hydrolysis) is 1. The third-order valence-corrected chi connectivity index (χ3v) is 7.71. The standard InChI is InChI=1S/C31H40N4O6/c1-2-19-35-27(36)26(15-9-10-18-32-29(38)40-22-24-11-5-3-6-12-24)33-28(37)31(35)16-20-34(21-17-31)30(39)41-23-25-13-7-4-8-14-25/h3-8,11-14,26H,2,9-10,15-23H2,1H3,(H,32,38)(H,33,37)/t26-/m0/s1. The highest BCUT2D eigenvalue weighted by atomic mass is 16.6. The largest absolute Gasteiger partial charge is 0.445 e. The van der Waals surface area contributed by atoms with Crippen molar-refractivity contribution in [2.75, 3.05) is 26.2 Å². The first-order chi connectivity index (χ1) is 19.9. The maximum absolute atomic E-state index is 13.5. The summed E-state index contributed by atoms with van der Waals surface area (Å²) in [6.45, 7) is 3.96. The summed E-state index contributed by atoms with van der Waals surface area (Å²) >= 11 is 0. The van der Waals surface area contributed by atoms with E-state index in [2.05, 4.69) is 10.6 Å². The maximum atomic E-state index is 13.5. The Morgan fingerprint density at radius 3 is 2.15 bits per heavy atom. The second-order valence-corrected chi connectivity index (χ2v) is 10.6. The normalized spacial score (nSPS) is 18.1. The van der Waals surface area contributed by atoms with Gasteiger partial charge >= 0.3 is 12.2 Å². The molecule has 4 amide bonds. The number of rotatable bonds is 11. The zero-order valence-corrected chi connectivity index (χ0v) is 23.7. The van der Waals surface area contributed by atoms with Gasteiger partial charge in [-0.25, -0.2) is 9.59 Å². The zero-order chi connectivity index (χ0) is 29.1. The molecule has 0 radical (unpaired) electrons. The topological polar surface area (TPSA) is 117 Å². The Morgan fingerprint density at radius 2 is 1.54 bits per heavy atom. The Morgan fingerprint density at radius 1 is 0.927 bits per heavy atom. The van der Waals surface area contributed by atoms with Crippen molar-refractivity contribution in [3.05, 3.63) is 71.8 Å². The smallest absolute Gasteiger partial charge is 0.410 e. The third kappa shape index (κ3) is 7.77. The molecule has 10 heteroatoms. The van der Waals surface area contributed by atoms with E-state index in [0.717, 1.165) is 17.5 Å². The van der Waals surface area contributed by atoms with Gasteiger partial charge in [0.2, 0.25) is 11.8 Å². The van der Waals surface area contributed by atoms with Crippen LogP contribution in [0, 0.1) is 0 Å². The molecule has 2 fully saturated rings. The summed E-state index contributed by atoms with van der Waals surface area (Å²) in [6.07, 6.45) is 2.36. The van der Waals surface area contributed by atoms with Crippen LogP contribution in [-0.2, 0) is 32.3 Å². The summed E-state index contributed by atoms with van der Waals surface area (Å²) in [7, 11) is 0. The molecule has 2 aromatic carbocycles. The van der Waals surface area contributed by atoms with Crippen molar-refractivity contribution in [1.29, 1.82) is 0 Å². The highest BCUT2D eigenvalue weighted by Gasteiger charge is 2.53. The Hall–Kier alpha value is -4.08.